The number of piperidine rings is 1. The van der Waals surface area contributed by atoms with Crippen molar-refractivity contribution in [1.82, 2.24) is 10.2 Å². The minimum atomic E-state index is -0.609. The van der Waals surface area contributed by atoms with Crippen LogP contribution >= 0.6 is 11.3 Å². The molecule has 4 nitrogen and oxygen atoms in total. The Bertz CT molecular complexity index is 380. The highest BCUT2D eigenvalue weighted by Crippen LogP contribution is 2.17. The maximum Gasteiger partial charge on any atom is 0.317 e. The van der Waals surface area contributed by atoms with Crippen molar-refractivity contribution < 1.29 is 9.90 Å². The molecule has 1 saturated heterocycles. The Hall–Kier alpha value is -1.07. The molecule has 2 unspecified atom stereocenters. The Morgan fingerprint density at radius 2 is 2.56 bits per heavy atom. The van der Waals surface area contributed by atoms with E-state index in [0.717, 1.165) is 25.1 Å². The van der Waals surface area contributed by atoms with Crippen molar-refractivity contribution in [2.75, 3.05) is 19.6 Å². The number of nitrogens with zero attached hydrogens (tertiary/aromatic N) is 1. The highest BCUT2D eigenvalue weighted by molar-refractivity contribution is 7.07. The summed E-state index contributed by atoms with van der Waals surface area (Å²) in [6, 6.07) is 1.82. The van der Waals surface area contributed by atoms with E-state index in [-0.39, 0.29) is 12.6 Å². The Morgan fingerprint density at radius 1 is 1.72 bits per heavy atom. The van der Waals surface area contributed by atoms with Crippen LogP contribution in [0.2, 0.25) is 0 Å². The molecule has 100 valence electrons. The van der Waals surface area contributed by atoms with Gasteiger partial charge in [-0.25, -0.2) is 4.79 Å². The van der Waals surface area contributed by atoms with E-state index >= 15 is 0 Å². The predicted octanol–water partition coefficient (Wildman–Crippen LogP) is 2.22. The van der Waals surface area contributed by atoms with E-state index in [9.17, 15) is 9.90 Å². The maximum atomic E-state index is 11.9. The number of hydrogen-bond acceptors (Lipinski definition) is 3. The molecule has 1 aromatic rings. The molecule has 5 heteroatoms. The highest BCUT2D eigenvalue weighted by atomic mass is 32.1. The van der Waals surface area contributed by atoms with Crippen LogP contribution in [0.25, 0.3) is 0 Å². The number of aliphatic hydroxyl groups excluding tert-OH is 1. The third-order valence-corrected chi connectivity index (χ3v) is 4.02. The molecule has 1 aliphatic heterocycles. The molecule has 2 rings (SSSR count). The summed E-state index contributed by atoms with van der Waals surface area (Å²) < 4.78 is 0. The lowest BCUT2D eigenvalue weighted by molar-refractivity contribution is 0.150. The number of carbonyl (C=O) groups excluding carboxylic acids is 1. The first-order valence-corrected chi connectivity index (χ1v) is 7.34. The summed E-state index contributed by atoms with van der Waals surface area (Å²) in [6.45, 7) is 4.09. The van der Waals surface area contributed by atoms with Gasteiger partial charge in [0.25, 0.3) is 0 Å². The minimum absolute atomic E-state index is 0.0594. The average molecular weight is 268 g/mol. The Balaban J connectivity index is 1.77. The topological polar surface area (TPSA) is 52.6 Å². The molecule has 2 amide bonds. The van der Waals surface area contributed by atoms with Crippen LogP contribution in [0, 0.1) is 5.92 Å². The number of nitrogens with one attached hydrogen (secondary N) is 1. The molecule has 2 N–H and O–H groups in total. The van der Waals surface area contributed by atoms with Crippen LogP contribution in [-0.4, -0.2) is 35.7 Å². The molecule has 0 bridgehead atoms. The summed E-state index contributed by atoms with van der Waals surface area (Å²) in [7, 11) is 0. The van der Waals surface area contributed by atoms with Gasteiger partial charge in [-0.2, -0.15) is 11.3 Å². The number of carbonyl (C=O) groups is 1. The van der Waals surface area contributed by atoms with Gasteiger partial charge < -0.3 is 15.3 Å². The largest absolute Gasteiger partial charge is 0.387 e. The van der Waals surface area contributed by atoms with Gasteiger partial charge in [-0.15, -0.1) is 0 Å². The molecule has 0 saturated carbocycles. The SMILES string of the molecule is CC1CCCN(C(=O)NCC(O)c2ccsc2)C1. The van der Waals surface area contributed by atoms with Crippen LogP contribution in [0.15, 0.2) is 16.8 Å². The fourth-order valence-corrected chi connectivity index (χ4v) is 2.96. The van der Waals surface area contributed by atoms with E-state index in [2.05, 4.69) is 12.2 Å². The molecule has 18 heavy (non-hydrogen) atoms. The van der Waals surface area contributed by atoms with Crippen molar-refractivity contribution in [3.05, 3.63) is 22.4 Å². The van der Waals surface area contributed by atoms with E-state index in [0.29, 0.717) is 5.92 Å². The summed E-state index contributed by atoms with van der Waals surface area (Å²) in [5, 5.41) is 16.5. The molecule has 0 spiro atoms. The van der Waals surface area contributed by atoms with Crippen LogP contribution in [0.5, 0.6) is 0 Å². The van der Waals surface area contributed by atoms with Gasteiger partial charge >= 0.3 is 6.03 Å². The summed E-state index contributed by atoms with van der Waals surface area (Å²) in [5.41, 5.74) is 0.868. The number of urea groups is 1. The first-order chi connectivity index (χ1) is 8.66. The molecular weight excluding hydrogens is 248 g/mol. The van der Waals surface area contributed by atoms with E-state index in [1.807, 2.05) is 21.7 Å². The number of rotatable bonds is 3. The van der Waals surface area contributed by atoms with Gasteiger partial charge in [0.1, 0.15) is 0 Å². The van der Waals surface area contributed by atoms with Gasteiger partial charge in [-0.05, 0) is 41.1 Å². The number of aliphatic hydroxyl groups is 1. The lowest BCUT2D eigenvalue weighted by Gasteiger charge is -2.31. The highest BCUT2D eigenvalue weighted by Gasteiger charge is 2.21. The molecule has 1 fully saturated rings. The second-order valence-corrected chi connectivity index (χ2v) is 5.73. The Labute approximate surface area is 112 Å². The summed E-state index contributed by atoms with van der Waals surface area (Å²) in [6.07, 6.45) is 1.66. The van der Waals surface area contributed by atoms with E-state index in [4.69, 9.17) is 0 Å². The number of hydrogen-bond donors (Lipinski definition) is 2. The lowest BCUT2D eigenvalue weighted by Crippen LogP contribution is -2.46. The normalized spacial score (nSPS) is 21.7. The molecule has 0 radical (unpaired) electrons. The summed E-state index contributed by atoms with van der Waals surface area (Å²) in [4.78, 5) is 13.8. The van der Waals surface area contributed by atoms with Gasteiger partial charge in [0.05, 0.1) is 6.10 Å². The fourth-order valence-electron chi connectivity index (χ4n) is 2.25. The monoisotopic (exact) mass is 268 g/mol. The molecule has 1 aliphatic rings. The maximum absolute atomic E-state index is 11.9. The molecule has 0 aromatic carbocycles. The van der Waals surface area contributed by atoms with Crippen molar-refractivity contribution in [1.29, 1.82) is 0 Å². The van der Waals surface area contributed by atoms with Gasteiger partial charge in [-0.1, -0.05) is 6.92 Å². The van der Waals surface area contributed by atoms with Gasteiger partial charge in [0, 0.05) is 19.6 Å². The first-order valence-electron chi connectivity index (χ1n) is 6.39. The second-order valence-electron chi connectivity index (χ2n) is 4.95. The van der Waals surface area contributed by atoms with Crippen molar-refractivity contribution >= 4 is 17.4 Å². The predicted molar refractivity (Wildman–Crippen MR) is 72.6 cm³/mol. The summed E-state index contributed by atoms with van der Waals surface area (Å²) in [5.74, 6) is 0.575. The van der Waals surface area contributed by atoms with Crippen molar-refractivity contribution in [3.8, 4) is 0 Å². The number of thiophene rings is 1. The quantitative estimate of drug-likeness (QED) is 0.883. The molecule has 2 atom stereocenters. The van der Waals surface area contributed by atoms with E-state index in [1.54, 1.807) is 11.3 Å². The zero-order chi connectivity index (χ0) is 13.0. The zero-order valence-corrected chi connectivity index (χ0v) is 11.4. The third-order valence-electron chi connectivity index (χ3n) is 3.32. The van der Waals surface area contributed by atoms with Crippen LogP contribution < -0.4 is 5.32 Å². The first kappa shape index (κ1) is 13.4. The van der Waals surface area contributed by atoms with Crippen LogP contribution in [0.4, 0.5) is 4.79 Å². The fraction of sp³-hybridized carbons (Fsp3) is 0.615. The van der Waals surface area contributed by atoms with Crippen molar-refractivity contribution in [2.45, 2.75) is 25.9 Å². The number of amides is 2. The molecule has 2 heterocycles. The Morgan fingerprint density at radius 3 is 3.22 bits per heavy atom. The molecular formula is C13H20N2O2S. The molecule has 0 aliphatic carbocycles. The van der Waals surface area contributed by atoms with Crippen molar-refractivity contribution in [3.63, 3.8) is 0 Å². The standard InChI is InChI=1S/C13H20N2O2S/c1-10-3-2-5-15(8-10)13(17)14-7-12(16)11-4-6-18-9-11/h4,6,9-10,12,16H,2-3,5,7-8H2,1H3,(H,14,17). The zero-order valence-electron chi connectivity index (χ0n) is 10.6. The van der Waals surface area contributed by atoms with Gasteiger partial charge in [0.15, 0.2) is 0 Å². The van der Waals surface area contributed by atoms with Gasteiger partial charge in [-0.3, -0.25) is 0 Å². The molecule has 1 aromatic heterocycles. The van der Waals surface area contributed by atoms with Crippen LogP contribution in [0.1, 0.15) is 31.4 Å². The number of likely N-dealkylation sites (tertiary alicyclic amines) is 1. The smallest absolute Gasteiger partial charge is 0.317 e. The lowest BCUT2D eigenvalue weighted by atomic mass is 10.0. The van der Waals surface area contributed by atoms with Crippen molar-refractivity contribution in [2.24, 2.45) is 5.92 Å². The van der Waals surface area contributed by atoms with Gasteiger partial charge in [0.2, 0.25) is 0 Å². The van der Waals surface area contributed by atoms with Crippen LogP contribution in [-0.2, 0) is 0 Å². The van der Waals surface area contributed by atoms with E-state index < -0.39 is 6.10 Å². The summed E-state index contributed by atoms with van der Waals surface area (Å²) >= 11 is 1.55. The average Bonchev–Trinajstić information content (AvgIpc) is 2.89. The Kier molecular flexibility index (Phi) is 4.60. The minimum Gasteiger partial charge on any atom is -0.387 e. The third kappa shape index (κ3) is 3.46. The van der Waals surface area contributed by atoms with E-state index in [1.165, 1.54) is 6.42 Å². The second kappa shape index (κ2) is 6.20. The van der Waals surface area contributed by atoms with Crippen LogP contribution in [0.3, 0.4) is 0 Å².